The minimum atomic E-state index is 0.421. The number of hydrogen-bond acceptors (Lipinski definition) is 1. The largest absolute Gasteiger partial charge is 0.281 e. The second-order valence-corrected chi connectivity index (χ2v) is 5.44. The molecule has 2 bridgehead atoms. The second-order valence-electron chi connectivity index (χ2n) is 5.44. The third-order valence-corrected chi connectivity index (χ3v) is 4.48. The highest BCUT2D eigenvalue weighted by Crippen LogP contribution is 2.51. The van der Waals surface area contributed by atoms with E-state index in [2.05, 4.69) is 60.0 Å². The first-order valence-corrected chi connectivity index (χ1v) is 6.93. The van der Waals surface area contributed by atoms with Crippen LogP contribution in [0.2, 0.25) is 0 Å². The van der Waals surface area contributed by atoms with Crippen LogP contribution < -0.4 is 0 Å². The summed E-state index contributed by atoms with van der Waals surface area (Å²) >= 11 is 0. The van der Waals surface area contributed by atoms with Gasteiger partial charge in [0.1, 0.15) is 0 Å². The van der Waals surface area contributed by atoms with Crippen LogP contribution in [0, 0.1) is 0 Å². The Balaban J connectivity index is 1.94. The SMILES string of the molecule is C=CCN1C2Cc3ccccc3C1c1ccccc12. The van der Waals surface area contributed by atoms with Gasteiger partial charge >= 0.3 is 0 Å². The lowest BCUT2D eigenvalue weighted by Crippen LogP contribution is -2.32. The van der Waals surface area contributed by atoms with Crippen LogP contribution in [0.15, 0.2) is 61.2 Å². The lowest BCUT2D eigenvalue weighted by atomic mass is 9.91. The molecule has 0 radical (unpaired) electrons. The first-order chi connectivity index (χ1) is 9.40. The zero-order valence-corrected chi connectivity index (χ0v) is 10.9. The Morgan fingerprint density at radius 3 is 2.47 bits per heavy atom. The number of nitrogens with zero attached hydrogens (tertiary/aromatic N) is 1. The quantitative estimate of drug-likeness (QED) is 0.728. The van der Waals surface area contributed by atoms with Crippen LogP contribution >= 0.6 is 0 Å². The lowest BCUT2D eigenvalue weighted by Gasteiger charge is -2.36. The highest BCUT2D eigenvalue weighted by Gasteiger charge is 2.42. The van der Waals surface area contributed by atoms with E-state index >= 15 is 0 Å². The molecule has 4 rings (SSSR count). The summed E-state index contributed by atoms with van der Waals surface area (Å²) in [6, 6.07) is 18.7. The van der Waals surface area contributed by atoms with Crippen LogP contribution in [0.1, 0.15) is 34.3 Å². The van der Waals surface area contributed by atoms with Gasteiger partial charge in [-0.05, 0) is 28.7 Å². The van der Waals surface area contributed by atoms with E-state index in [0.29, 0.717) is 12.1 Å². The monoisotopic (exact) mass is 247 g/mol. The van der Waals surface area contributed by atoms with Crippen molar-refractivity contribution in [3.63, 3.8) is 0 Å². The van der Waals surface area contributed by atoms with Gasteiger partial charge in [-0.3, -0.25) is 4.90 Å². The van der Waals surface area contributed by atoms with Crippen LogP contribution in [0.25, 0.3) is 0 Å². The standard InChI is InChI=1S/C18H17N/c1-2-11-19-17-12-13-7-3-4-8-14(13)18(19)16-10-6-5-9-15(16)17/h2-10,17-18H,1,11-12H2. The Hall–Kier alpha value is -1.86. The van der Waals surface area contributed by atoms with Crippen molar-refractivity contribution in [1.29, 1.82) is 0 Å². The van der Waals surface area contributed by atoms with E-state index in [4.69, 9.17) is 0 Å². The van der Waals surface area contributed by atoms with Gasteiger partial charge in [-0.25, -0.2) is 0 Å². The number of rotatable bonds is 2. The van der Waals surface area contributed by atoms with Crippen LogP contribution in [0.5, 0.6) is 0 Å². The molecule has 0 spiro atoms. The molecular formula is C18H17N. The minimum absolute atomic E-state index is 0.421. The molecule has 0 N–H and O–H groups in total. The smallest absolute Gasteiger partial charge is 0.0616 e. The third kappa shape index (κ3) is 1.45. The topological polar surface area (TPSA) is 3.24 Å². The molecule has 0 aromatic heterocycles. The van der Waals surface area contributed by atoms with Gasteiger partial charge in [0.2, 0.25) is 0 Å². The van der Waals surface area contributed by atoms with Crippen molar-refractivity contribution in [1.82, 2.24) is 4.90 Å². The van der Waals surface area contributed by atoms with E-state index in [-0.39, 0.29) is 0 Å². The zero-order valence-electron chi connectivity index (χ0n) is 10.9. The fraction of sp³-hybridized carbons (Fsp3) is 0.222. The Labute approximate surface area is 114 Å². The molecule has 2 aliphatic heterocycles. The van der Waals surface area contributed by atoms with Crippen molar-refractivity contribution in [3.8, 4) is 0 Å². The molecule has 2 atom stereocenters. The summed E-state index contributed by atoms with van der Waals surface area (Å²) in [6.45, 7) is 4.89. The first-order valence-electron chi connectivity index (χ1n) is 6.93. The molecule has 0 amide bonds. The predicted octanol–water partition coefficient (Wildman–Crippen LogP) is 3.87. The van der Waals surface area contributed by atoms with Gasteiger partial charge in [-0.1, -0.05) is 54.6 Å². The lowest BCUT2D eigenvalue weighted by molar-refractivity contribution is 0.188. The maximum atomic E-state index is 3.93. The highest BCUT2D eigenvalue weighted by molar-refractivity contribution is 5.50. The van der Waals surface area contributed by atoms with Gasteiger partial charge in [-0.2, -0.15) is 0 Å². The van der Waals surface area contributed by atoms with Crippen LogP contribution in [0.4, 0.5) is 0 Å². The summed E-state index contributed by atoms with van der Waals surface area (Å²) in [5.74, 6) is 0. The molecule has 0 saturated heterocycles. The van der Waals surface area contributed by atoms with Crippen molar-refractivity contribution >= 4 is 0 Å². The highest BCUT2D eigenvalue weighted by atomic mass is 15.2. The summed E-state index contributed by atoms with van der Waals surface area (Å²) in [4.78, 5) is 2.58. The molecule has 94 valence electrons. The molecule has 1 nitrogen and oxygen atoms in total. The average Bonchev–Trinajstić information content (AvgIpc) is 2.67. The number of hydrogen-bond donors (Lipinski definition) is 0. The fourth-order valence-electron chi connectivity index (χ4n) is 3.75. The minimum Gasteiger partial charge on any atom is -0.281 e. The van der Waals surface area contributed by atoms with Gasteiger partial charge in [0.15, 0.2) is 0 Å². The molecule has 1 heteroatoms. The fourth-order valence-corrected chi connectivity index (χ4v) is 3.75. The normalized spacial score (nSPS) is 23.8. The van der Waals surface area contributed by atoms with Crippen molar-refractivity contribution < 1.29 is 0 Å². The van der Waals surface area contributed by atoms with Crippen LogP contribution in [0.3, 0.4) is 0 Å². The van der Waals surface area contributed by atoms with Crippen molar-refractivity contribution in [2.75, 3.05) is 6.54 Å². The maximum absolute atomic E-state index is 3.93. The summed E-state index contributed by atoms with van der Waals surface area (Å²) in [5.41, 5.74) is 5.98. The molecule has 0 fully saturated rings. The Morgan fingerprint density at radius 2 is 1.68 bits per heavy atom. The van der Waals surface area contributed by atoms with E-state index in [9.17, 15) is 0 Å². The van der Waals surface area contributed by atoms with Gasteiger partial charge in [-0.15, -0.1) is 6.58 Å². The zero-order chi connectivity index (χ0) is 12.8. The summed E-state index contributed by atoms with van der Waals surface area (Å²) in [6.07, 6.45) is 3.15. The molecular weight excluding hydrogens is 230 g/mol. The molecule has 2 heterocycles. The van der Waals surface area contributed by atoms with Gasteiger partial charge in [0.05, 0.1) is 6.04 Å². The third-order valence-electron chi connectivity index (χ3n) is 4.48. The molecule has 2 aromatic rings. The molecule has 2 aromatic carbocycles. The van der Waals surface area contributed by atoms with Crippen molar-refractivity contribution in [2.45, 2.75) is 18.5 Å². The number of benzene rings is 2. The van der Waals surface area contributed by atoms with Crippen molar-refractivity contribution in [2.24, 2.45) is 0 Å². The summed E-state index contributed by atoms with van der Waals surface area (Å²) in [7, 11) is 0. The predicted molar refractivity (Wildman–Crippen MR) is 78.1 cm³/mol. The van der Waals surface area contributed by atoms with E-state index < -0.39 is 0 Å². The van der Waals surface area contributed by atoms with Gasteiger partial charge < -0.3 is 0 Å². The first kappa shape index (κ1) is 11.0. The van der Waals surface area contributed by atoms with Gasteiger partial charge in [0, 0.05) is 12.6 Å². The maximum Gasteiger partial charge on any atom is 0.0616 e. The van der Waals surface area contributed by atoms with E-state index in [1.165, 1.54) is 22.3 Å². The van der Waals surface area contributed by atoms with Crippen LogP contribution in [-0.2, 0) is 6.42 Å². The molecule has 0 aliphatic carbocycles. The molecule has 0 saturated carbocycles. The molecule has 2 unspecified atom stereocenters. The average molecular weight is 247 g/mol. The van der Waals surface area contributed by atoms with Gasteiger partial charge in [0.25, 0.3) is 0 Å². The summed E-state index contributed by atoms with van der Waals surface area (Å²) < 4.78 is 0. The Morgan fingerprint density at radius 1 is 1.00 bits per heavy atom. The van der Waals surface area contributed by atoms with Crippen LogP contribution in [-0.4, -0.2) is 11.4 Å². The summed E-state index contributed by atoms with van der Waals surface area (Å²) in [5, 5.41) is 0. The Kier molecular flexibility index (Phi) is 2.36. The number of fused-ring (bicyclic) bond motifs is 7. The molecule has 2 aliphatic rings. The second kappa shape index (κ2) is 4.07. The van der Waals surface area contributed by atoms with E-state index in [1.807, 2.05) is 6.08 Å². The Bertz CT molecular complexity index is 633. The molecule has 19 heavy (non-hydrogen) atoms. The van der Waals surface area contributed by atoms with E-state index in [1.54, 1.807) is 0 Å². The van der Waals surface area contributed by atoms with E-state index in [0.717, 1.165) is 13.0 Å². The van der Waals surface area contributed by atoms with Crippen molar-refractivity contribution in [3.05, 3.63) is 83.4 Å².